The standard InChI is InChI=1S/C12H21ClO4/c1-2-17-12(15)9-11(14)10-16-8-6-4-3-5-7-13/h2-10H2,1H3. The molecule has 0 atom stereocenters. The number of carbonyl (C=O) groups is 2. The number of esters is 1. The molecule has 5 heteroatoms. The quantitative estimate of drug-likeness (QED) is 0.249. The average molecular weight is 265 g/mol. The highest BCUT2D eigenvalue weighted by molar-refractivity contribution is 6.17. The molecule has 0 aliphatic heterocycles. The maximum atomic E-state index is 11.2. The number of hydrogen-bond donors (Lipinski definition) is 0. The van der Waals surface area contributed by atoms with Crippen LogP contribution in [-0.4, -0.2) is 37.5 Å². The first-order chi connectivity index (χ1) is 8.20. The van der Waals surface area contributed by atoms with Crippen molar-refractivity contribution in [2.24, 2.45) is 0 Å². The zero-order valence-electron chi connectivity index (χ0n) is 10.4. The Labute approximate surface area is 108 Å². The van der Waals surface area contributed by atoms with Crippen LogP contribution in [0.1, 0.15) is 39.0 Å². The van der Waals surface area contributed by atoms with E-state index in [-0.39, 0.29) is 18.8 Å². The molecule has 0 heterocycles. The molecule has 0 fully saturated rings. The van der Waals surface area contributed by atoms with Crippen LogP contribution in [0, 0.1) is 0 Å². The van der Waals surface area contributed by atoms with Gasteiger partial charge in [0.05, 0.1) is 6.61 Å². The Hall–Kier alpha value is -0.610. The topological polar surface area (TPSA) is 52.6 Å². The SMILES string of the molecule is CCOC(=O)CC(=O)COCCCCCCCl. The van der Waals surface area contributed by atoms with Crippen LogP contribution in [0.3, 0.4) is 0 Å². The first kappa shape index (κ1) is 16.4. The van der Waals surface area contributed by atoms with E-state index < -0.39 is 5.97 Å². The third-order valence-electron chi connectivity index (χ3n) is 2.08. The normalized spacial score (nSPS) is 10.2. The molecule has 0 aromatic carbocycles. The van der Waals surface area contributed by atoms with Crippen LogP contribution in [0.15, 0.2) is 0 Å². The van der Waals surface area contributed by atoms with E-state index in [0.717, 1.165) is 25.7 Å². The lowest BCUT2D eigenvalue weighted by atomic mass is 10.2. The second-order valence-electron chi connectivity index (χ2n) is 3.68. The molecule has 0 aromatic rings. The molecule has 0 aliphatic rings. The predicted molar refractivity (Wildman–Crippen MR) is 66.3 cm³/mol. The van der Waals surface area contributed by atoms with Crippen LogP contribution in [0.4, 0.5) is 0 Å². The minimum absolute atomic E-state index is 0.00563. The molecule has 0 radical (unpaired) electrons. The smallest absolute Gasteiger partial charge is 0.313 e. The average Bonchev–Trinajstić information content (AvgIpc) is 2.28. The lowest BCUT2D eigenvalue weighted by molar-refractivity contribution is -0.146. The zero-order valence-corrected chi connectivity index (χ0v) is 11.1. The van der Waals surface area contributed by atoms with Crippen LogP contribution in [0.25, 0.3) is 0 Å². The summed E-state index contributed by atoms with van der Waals surface area (Å²) in [5.41, 5.74) is 0. The van der Waals surface area contributed by atoms with E-state index in [1.807, 2.05) is 0 Å². The van der Waals surface area contributed by atoms with E-state index in [1.54, 1.807) is 6.92 Å². The van der Waals surface area contributed by atoms with E-state index in [1.165, 1.54) is 0 Å². The minimum Gasteiger partial charge on any atom is -0.466 e. The summed E-state index contributed by atoms with van der Waals surface area (Å²) >= 11 is 5.54. The Morgan fingerprint density at radius 1 is 1.12 bits per heavy atom. The van der Waals surface area contributed by atoms with Crippen LogP contribution in [0.2, 0.25) is 0 Å². The third kappa shape index (κ3) is 11.6. The monoisotopic (exact) mass is 264 g/mol. The van der Waals surface area contributed by atoms with E-state index in [0.29, 0.717) is 19.1 Å². The highest BCUT2D eigenvalue weighted by Crippen LogP contribution is 2.01. The minimum atomic E-state index is -0.483. The van der Waals surface area contributed by atoms with Gasteiger partial charge >= 0.3 is 5.97 Å². The molecule has 0 unspecified atom stereocenters. The van der Waals surface area contributed by atoms with Crippen molar-refractivity contribution < 1.29 is 19.1 Å². The zero-order chi connectivity index (χ0) is 12.9. The molecular formula is C12H21ClO4. The predicted octanol–water partition coefficient (Wildman–Crippen LogP) is 2.32. The van der Waals surface area contributed by atoms with Crippen molar-refractivity contribution in [1.82, 2.24) is 0 Å². The van der Waals surface area contributed by atoms with Gasteiger partial charge in [0.1, 0.15) is 13.0 Å². The second kappa shape index (κ2) is 11.9. The molecule has 0 aliphatic carbocycles. The van der Waals surface area contributed by atoms with Gasteiger partial charge in [-0.3, -0.25) is 9.59 Å². The summed E-state index contributed by atoms with van der Waals surface area (Å²) in [6.07, 6.45) is 3.88. The maximum Gasteiger partial charge on any atom is 0.313 e. The van der Waals surface area contributed by atoms with Crippen molar-refractivity contribution in [1.29, 1.82) is 0 Å². The van der Waals surface area contributed by atoms with Gasteiger partial charge in [-0.25, -0.2) is 0 Å². The number of carbonyl (C=O) groups excluding carboxylic acids is 2. The molecular weight excluding hydrogens is 244 g/mol. The van der Waals surface area contributed by atoms with Gasteiger partial charge in [-0.15, -0.1) is 11.6 Å². The molecule has 0 bridgehead atoms. The number of alkyl halides is 1. The summed E-state index contributed by atoms with van der Waals surface area (Å²) < 4.78 is 9.82. The molecule has 0 spiro atoms. The summed E-state index contributed by atoms with van der Waals surface area (Å²) in [6, 6.07) is 0. The molecule has 0 aromatic heterocycles. The van der Waals surface area contributed by atoms with Crippen LogP contribution >= 0.6 is 11.6 Å². The molecule has 0 N–H and O–H groups in total. The van der Waals surface area contributed by atoms with Crippen molar-refractivity contribution in [3.63, 3.8) is 0 Å². The Morgan fingerprint density at radius 3 is 2.47 bits per heavy atom. The number of ether oxygens (including phenoxy) is 2. The number of halogens is 1. The van der Waals surface area contributed by atoms with Crippen molar-refractivity contribution in [3.05, 3.63) is 0 Å². The first-order valence-corrected chi connectivity index (χ1v) is 6.55. The van der Waals surface area contributed by atoms with Crippen molar-refractivity contribution in [2.75, 3.05) is 25.7 Å². The third-order valence-corrected chi connectivity index (χ3v) is 2.35. The van der Waals surface area contributed by atoms with E-state index in [2.05, 4.69) is 4.74 Å². The molecule has 100 valence electrons. The van der Waals surface area contributed by atoms with Crippen molar-refractivity contribution >= 4 is 23.4 Å². The first-order valence-electron chi connectivity index (χ1n) is 6.01. The van der Waals surface area contributed by atoms with Gasteiger partial charge < -0.3 is 9.47 Å². The Balaban J connectivity index is 3.30. The fourth-order valence-corrected chi connectivity index (χ4v) is 1.45. The van der Waals surface area contributed by atoms with Crippen molar-refractivity contribution in [2.45, 2.75) is 39.0 Å². The van der Waals surface area contributed by atoms with Gasteiger partial charge in [0.15, 0.2) is 5.78 Å². The maximum absolute atomic E-state index is 11.2. The van der Waals surface area contributed by atoms with Gasteiger partial charge in [-0.1, -0.05) is 12.8 Å². The van der Waals surface area contributed by atoms with Gasteiger partial charge in [0.2, 0.25) is 0 Å². The highest BCUT2D eigenvalue weighted by Gasteiger charge is 2.09. The Bertz CT molecular complexity index is 219. The molecule has 0 saturated heterocycles. The molecule has 0 saturated carbocycles. The van der Waals surface area contributed by atoms with Crippen LogP contribution < -0.4 is 0 Å². The lowest BCUT2D eigenvalue weighted by Gasteiger charge is -2.03. The molecule has 4 nitrogen and oxygen atoms in total. The summed E-state index contributed by atoms with van der Waals surface area (Å²) in [7, 11) is 0. The fraction of sp³-hybridized carbons (Fsp3) is 0.833. The number of hydrogen-bond acceptors (Lipinski definition) is 4. The Kier molecular flexibility index (Phi) is 11.4. The fourth-order valence-electron chi connectivity index (χ4n) is 1.26. The van der Waals surface area contributed by atoms with E-state index in [9.17, 15) is 9.59 Å². The summed E-state index contributed by atoms with van der Waals surface area (Å²) in [5, 5.41) is 0. The summed E-state index contributed by atoms with van der Waals surface area (Å²) in [4.78, 5) is 22.2. The highest BCUT2D eigenvalue weighted by atomic mass is 35.5. The van der Waals surface area contributed by atoms with Gasteiger partial charge in [-0.2, -0.15) is 0 Å². The molecule has 0 rings (SSSR count). The Morgan fingerprint density at radius 2 is 1.82 bits per heavy atom. The van der Waals surface area contributed by atoms with Crippen LogP contribution in [0.5, 0.6) is 0 Å². The lowest BCUT2D eigenvalue weighted by Crippen LogP contribution is -2.16. The second-order valence-corrected chi connectivity index (χ2v) is 4.05. The number of Topliss-reactive ketones (excluding diaryl/α,β-unsaturated/α-hetero) is 1. The van der Waals surface area contributed by atoms with Gasteiger partial charge in [0, 0.05) is 12.5 Å². The molecule has 0 amide bonds. The largest absolute Gasteiger partial charge is 0.466 e. The number of rotatable bonds is 11. The van der Waals surface area contributed by atoms with Gasteiger partial charge in [-0.05, 0) is 19.8 Å². The molecule has 17 heavy (non-hydrogen) atoms. The van der Waals surface area contributed by atoms with Crippen molar-refractivity contribution in [3.8, 4) is 0 Å². The summed E-state index contributed by atoms with van der Waals surface area (Å²) in [6.45, 7) is 2.55. The van der Waals surface area contributed by atoms with E-state index >= 15 is 0 Å². The van der Waals surface area contributed by atoms with Crippen LogP contribution in [-0.2, 0) is 19.1 Å². The number of ketones is 1. The summed E-state index contributed by atoms with van der Waals surface area (Å²) in [5.74, 6) is -0.0220. The number of unbranched alkanes of at least 4 members (excludes halogenated alkanes) is 3. The van der Waals surface area contributed by atoms with Gasteiger partial charge in [0.25, 0.3) is 0 Å². The van der Waals surface area contributed by atoms with E-state index in [4.69, 9.17) is 16.3 Å².